The summed E-state index contributed by atoms with van der Waals surface area (Å²) in [7, 11) is 0. The molecule has 0 aliphatic carbocycles. The van der Waals surface area contributed by atoms with Crippen molar-refractivity contribution in [3.05, 3.63) is 23.2 Å². The largest absolute Gasteiger partial charge is 0.399 e. The average molecular weight is 312 g/mol. The molecular weight excluding hydrogens is 290 g/mol. The summed E-state index contributed by atoms with van der Waals surface area (Å²) in [5.74, 6) is -0.104. The van der Waals surface area contributed by atoms with E-state index in [1.54, 1.807) is 18.2 Å². The fraction of sp³-hybridized carbons (Fsp3) is 0.533. The van der Waals surface area contributed by atoms with Gasteiger partial charge in [-0.05, 0) is 44.0 Å². The Kier molecular flexibility index (Phi) is 5.85. The van der Waals surface area contributed by atoms with Gasteiger partial charge in [0.2, 0.25) is 5.91 Å². The summed E-state index contributed by atoms with van der Waals surface area (Å²) in [4.78, 5) is 14.3. The summed E-state index contributed by atoms with van der Waals surface area (Å²) in [5.41, 5.74) is 6.80. The Bertz CT molecular complexity index is 494. The lowest BCUT2D eigenvalue weighted by atomic mass is 10.00. The number of carbonyl (C=O) groups excluding carboxylic acids is 1. The SMILES string of the molecule is Nc1ccc(Cl)c(NC(=O)CN2CCCCC2CCO)c1. The second kappa shape index (κ2) is 7.64. The number of hydrogen-bond donors (Lipinski definition) is 3. The molecule has 4 N–H and O–H groups in total. The maximum absolute atomic E-state index is 12.2. The van der Waals surface area contributed by atoms with Gasteiger partial charge in [0.1, 0.15) is 0 Å². The number of amides is 1. The van der Waals surface area contributed by atoms with E-state index in [0.29, 0.717) is 29.4 Å². The van der Waals surface area contributed by atoms with Gasteiger partial charge in [0.15, 0.2) is 0 Å². The van der Waals surface area contributed by atoms with Crippen molar-refractivity contribution < 1.29 is 9.90 Å². The Morgan fingerprint density at radius 3 is 3.05 bits per heavy atom. The third kappa shape index (κ3) is 4.59. The molecule has 1 fully saturated rings. The maximum atomic E-state index is 12.2. The molecule has 0 spiro atoms. The van der Waals surface area contributed by atoms with Crippen LogP contribution in [0, 0.1) is 0 Å². The molecule has 116 valence electrons. The van der Waals surface area contributed by atoms with Gasteiger partial charge in [-0.2, -0.15) is 0 Å². The molecule has 6 heteroatoms. The van der Waals surface area contributed by atoms with Crippen LogP contribution in [0.25, 0.3) is 0 Å². The highest BCUT2D eigenvalue weighted by molar-refractivity contribution is 6.33. The second-order valence-electron chi connectivity index (χ2n) is 5.42. The number of rotatable bonds is 5. The van der Waals surface area contributed by atoms with E-state index in [9.17, 15) is 4.79 Å². The van der Waals surface area contributed by atoms with Crippen molar-refractivity contribution in [1.82, 2.24) is 4.90 Å². The molecule has 1 atom stereocenters. The maximum Gasteiger partial charge on any atom is 0.238 e. The van der Waals surface area contributed by atoms with E-state index in [2.05, 4.69) is 10.2 Å². The number of likely N-dealkylation sites (tertiary alicyclic amines) is 1. The monoisotopic (exact) mass is 311 g/mol. The molecule has 0 saturated carbocycles. The quantitative estimate of drug-likeness (QED) is 0.728. The van der Waals surface area contributed by atoms with Crippen molar-refractivity contribution in [3.8, 4) is 0 Å². The van der Waals surface area contributed by atoms with Crippen LogP contribution in [0.3, 0.4) is 0 Å². The summed E-state index contributed by atoms with van der Waals surface area (Å²) in [6.45, 7) is 1.36. The molecule has 1 amide bonds. The van der Waals surface area contributed by atoms with Crippen molar-refractivity contribution in [2.45, 2.75) is 31.7 Å². The van der Waals surface area contributed by atoms with E-state index in [0.717, 1.165) is 25.8 Å². The zero-order valence-corrected chi connectivity index (χ0v) is 12.8. The standard InChI is InChI=1S/C15H22ClN3O2/c16-13-5-4-11(17)9-14(13)18-15(21)10-19-7-2-1-3-12(19)6-8-20/h4-5,9,12,20H,1-3,6-8,10,17H2,(H,18,21). The molecule has 1 aliphatic heterocycles. The summed E-state index contributed by atoms with van der Waals surface area (Å²) in [6.07, 6.45) is 4.00. The topological polar surface area (TPSA) is 78.6 Å². The molecule has 0 radical (unpaired) electrons. The number of carbonyl (C=O) groups is 1. The lowest BCUT2D eigenvalue weighted by Crippen LogP contribution is -2.44. The lowest BCUT2D eigenvalue weighted by molar-refractivity contribution is -0.118. The van der Waals surface area contributed by atoms with Crippen LogP contribution in [-0.2, 0) is 4.79 Å². The average Bonchev–Trinajstić information content (AvgIpc) is 2.45. The van der Waals surface area contributed by atoms with E-state index < -0.39 is 0 Å². The predicted molar refractivity (Wildman–Crippen MR) is 85.4 cm³/mol. The Balaban J connectivity index is 1.95. The number of aliphatic hydroxyl groups excluding tert-OH is 1. The van der Waals surface area contributed by atoms with Gasteiger partial charge in [-0.25, -0.2) is 0 Å². The van der Waals surface area contributed by atoms with Crippen LogP contribution in [0.15, 0.2) is 18.2 Å². The summed E-state index contributed by atoms with van der Waals surface area (Å²) < 4.78 is 0. The van der Waals surface area contributed by atoms with E-state index in [1.807, 2.05) is 0 Å². The van der Waals surface area contributed by atoms with Crippen LogP contribution < -0.4 is 11.1 Å². The number of anilines is 2. The van der Waals surface area contributed by atoms with Gasteiger partial charge in [-0.15, -0.1) is 0 Å². The molecule has 1 unspecified atom stereocenters. The molecule has 1 aromatic rings. The molecule has 21 heavy (non-hydrogen) atoms. The van der Waals surface area contributed by atoms with Crippen molar-refractivity contribution in [1.29, 1.82) is 0 Å². The van der Waals surface area contributed by atoms with Gasteiger partial charge >= 0.3 is 0 Å². The van der Waals surface area contributed by atoms with Gasteiger partial charge < -0.3 is 16.2 Å². The van der Waals surface area contributed by atoms with Crippen molar-refractivity contribution in [3.63, 3.8) is 0 Å². The Morgan fingerprint density at radius 2 is 2.29 bits per heavy atom. The first-order chi connectivity index (χ1) is 10.1. The Morgan fingerprint density at radius 1 is 1.48 bits per heavy atom. The number of nitrogen functional groups attached to an aromatic ring is 1. The molecule has 0 aromatic heterocycles. The number of halogens is 1. The van der Waals surface area contributed by atoms with Crippen molar-refractivity contribution in [2.75, 3.05) is 30.7 Å². The Labute approximate surface area is 130 Å². The minimum absolute atomic E-state index is 0.104. The number of hydrogen-bond acceptors (Lipinski definition) is 4. The first-order valence-electron chi connectivity index (χ1n) is 7.30. The lowest BCUT2D eigenvalue weighted by Gasteiger charge is -2.34. The highest BCUT2D eigenvalue weighted by atomic mass is 35.5. The van der Waals surface area contributed by atoms with Crippen LogP contribution in [0.5, 0.6) is 0 Å². The van der Waals surface area contributed by atoms with Crippen LogP contribution in [-0.4, -0.2) is 41.7 Å². The smallest absolute Gasteiger partial charge is 0.238 e. The van der Waals surface area contributed by atoms with Gasteiger partial charge in [-0.3, -0.25) is 9.69 Å². The number of benzene rings is 1. The molecule has 1 heterocycles. The van der Waals surface area contributed by atoms with Crippen molar-refractivity contribution >= 4 is 28.9 Å². The van der Waals surface area contributed by atoms with Crippen LogP contribution in [0.1, 0.15) is 25.7 Å². The summed E-state index contributed by atoms with van der Waals surface area (Å²) in [6, 6.07) is 5.30. The first-order valence-corrected chi connectivity index (χ1v) is 7.67. The summed E-state index contributed by atoms with van der Waals surface area (Å²) in [5, 5.41) is 12.4. The second-order valence-corrected chi connectivity index (χ2v) is 5.83. The number of nitrogens with two attached hydrogens (primary N) is 1. The van der Waals surface area contributed by atoms with E-state index in [4.69, 9.17) is 22.4 Å². The van der Waals surface area contributed by atoms with E-state index in [1.165, 1.54) is 0 Å². The molecule has 1 aliphatic rings. The zero-order valence-electron chi connectivity index (χ0n) is 12.0. The van der Waals surface area contributed by atoms with Crippen LogP contribution in [0.4, 0.5) is 11.4 Å². The van der Waals surface area contributed by atoms with Gasteiger partial charge in [0.25, 0.3) is 0 Å². The van der Waals surface area contributed by atoms with E-state index in [-0.39, 0.29) is 18.6 Å². The number of piperidine rings is 1. The van der Waals surface area contributed by atoms with Gasteiger partial charge in [0, 0.05) is 18.3 Å². The number of nitrogens with one attached hydrogen (secondary N) is 1. The van der Waals surface area contributed by atoms with Crippen molar-refractivity contribution in [2.24, 2.45) is 0 Å². The van der Waals surface area contributed by atoms with Gasteiger partial charge in [0.05, 0.1) is 17.3 Å². The fourth-order valence-electron chi connectivity index (χ4n) is 2.76. The van der Waals surface area contributed by atoms with Crippen LogP contribution in [0.2, 0.25) is 5.02 Å². The minimum Gasteiger partial charge on any atom is -0.399 e. The number of aliphatic hydroxyl groups is 1. The summed E-state index contributed by atoms with van der Waals surface area (Å²) >= 11 is 6.04. The third-order valence-electron chi connectivity index (χ3n) is 3.82. The zero-order chi connectivity index (χ0) is 15.2. The third-order valence-corrected chi connectivity index (χ3v) is 4.15. The van der Waals surface area contributed by atoms with Gasteiger partial charge in [-0.1, -0.05) is 18.0 Å². The molecule has 0 bridgehead atoms. The highest BCUT2D eigenvalue weighted by Crippen LogP contribution is 2.24. The molecular formula is C15H22ClN3O2. The number of nitrogens with zero attached hydrogens (tertiary/aromatic N) is 1. The fourth-order valence-corrected chi connectivity index (χ4v) is 2.92. The molecule has 1 saturated heterocycles. The molecule has 5 nitrogen and oxygen atoms in total. The normalized spacial score (nSPS) is 19.4. The Hall–Kier alpha value is -1.30. The first kappa shape index (κ1) is 16.1. The predicted octanol–water partition coefficient (Wildman–Crippen LogP) is 2.10. The molecule has 2 rings (SSSR count). The minimum atomic E-state index is -0.104. The van der Waals surface area contributed by atoms with E-state index >= 15 is 0 Å². The van der Waals surface area contributed by atoms with Crippen LogP contribution >= 0.6 is 11.6 Å². The molecule has 1 aromatic carbocycles. The highest BCUT2D eigenvalue weighted by Gasteiger charge is 2.23.